The Bertz CT molecular complexity index is 950. The summed E-state index contributed by atoms with van der Waals surface area (Å²) in [6, 6.07) is 13.4. The summed E-state index contributed by atoms with van der Waals surface area (Å²) in [5.74, 6) is 0.477. The SMILES string of the molecule is Cn1nc(-c2ccccc2)cc1C(=O)NCc1ccnc(N2CCOCC2)n1. The zero-order chi connectivity index (χ0) is 19.3. The van der Waals surface area contributed by atoms with Gasteiger partial charge in [-0.25, -0.2) is 9.97 Å². The number of nitrogens with zero attached hydrogens (tertiary/aromatic N) is 5. The molecule has 28 heavy (non-hydrogen) atoms. The highest BCUT2D eigenvalue weighted by molar-refractivity contribution is 5.93. The zero-order valence-corrected chi connectivity index (χ0v) is 15.7. The van der Waals surface area contributed by atoms with Crippen molar-refractivity contribution in [3.8, 4) is 11.3 Å². The van der Waals surface area contributed by atoms with Gasteiger partial charge in [0.2, 0.25) is 5.95 Å². The van der Waals surface area contributed by atoms with Crippen LogP contribution >= 0.6 is 0 Å². The quantitative estimate of drug-likeness (QED) is 0.727. The summed E-state index contributed by atoms with van der Waals surface area (Å²) < 4.78 is 6.96. The predicted octanol–water partition coefficient (Wildman–Crippen LogP) is 1.64. The summed E-state index contributed by atoms with van der Waals surface area (Å²) in [5.41, 5.74) is 3.00. The molecule has 0 bridgehead atoms. The molecule has 1 aromatic carbocycles. The fourth-order valence-electron chi connectivity index (χ4n) is 3.09. The molecule has 0 atom stereocenters. The van der Waals surface area contributed by atoms with E-state index in [1.807, 2.05) is 36.4 Å². The van der Waals surface area contributed by atoms with Gasteiger partial charge in [0.25, 0.3) is 5.91 Å². The number of benzene rings is 1. The van der Waals surface area contributed by atoms with Crippen molar-refractivity contribution in [3.63, 3.8) is 0 Å². The number of rotatable bonds is 5. The predicted molar refractivity (Wildman–Crippen MR) is 105 cm³/mol. The highest BCUT2D eigenvalue weighted by Crippen LogP contribution is 2.18. The van der Waals surface area contributed by atoms with Gasteiger partial charge in [-0.3, -0.25) is 9.48 Å². The van der Waals surface area contributed by atoms with Crippen molar-refractivity contribution < 1.29 is 9.53 Å². The second-order valence-corrected chi connectivity index (χ2v) is 6.53. The topological polar surface area (TPSA) is 85.2 Å². The Kier molecular flexibility index (Phi) is 5.29. The smallest absolute Gasteiger partial charge is 0.269 e. The van der Waals surface area contributed by atoms with Crippen LogP contribution in [0.25, 0.3) is 11.3 Å². The number of hydrogen-bond donors (Lipinski definition) is 1. The second-order valence-electron chi connectivity index (χ2n) is 6.53. The Balaban J connectivity index is 1.43. The van der Waals surface area contributed by atoms with Crippen LogP contribution in [-0.4, -0.2) is 52.0 Å². The molecule has 1 aliphatic rings. The standard InChI is InChI=1S/C20H22N6O2/c1-25-18(13-17(24-25)15-5-3-2-4-6-15)19(27)22-14-16-7-8-21-20(23-16)26-9-11-28-12-10-26/h2-8,13H,9-12,14H2,1H3,(H,22,27). The molecule has 0 aliphatic carbocycles. The molecular formula is C20H22N6O2. The Hall–Kier alpha value is -3.26. The van der Waals surface area contributed by atoms with Crippen LogP contribution in [0.1, 0.15) is 16.2 Å². The molecule has 1 saturated heterocycles. The maximum Gasteiger partial charge on any atom is 0.269 e. The molecule has 0 unspecified atom stereocenters. The lowest BCUT2D eigenvalue weighted by Crippen LogP contribution is -2.37. The molecule has 0 radical (unpaired) electrons. The Labute approximate surface area is 163 Å². The lowest BCUT2D eigenvalue weighted by atomic mass is 10.1. The van der Waals surface area contributed by atoms with Crippen molar-refractivity contribution in [1.29, 1.82) is 0 Å². The van der Waals surface area contributed by atoms with E-state index < -0.39 is 0 Å². The van der Waals surface area contributed by atoms with Gasteiger partial charge in [-0.05, 0) is 12.1 Å². The number of aromatic nitrogens is 4. The molecule has 144 valence electrons. The van der Waals surface area contributed by atoms with Crippen molar-refractivity contribution >= 4 is 11.9 Å². The monoisotopic (exact) mass is 378 g/mol. The Morgan fingerprint density at radius 3 is 2.75 bits per heavy atom. The zero-order valence-electron chi connectivity index (χ0n) is 15.7. The van der Waals surface area contributed by atoms with E-state index >= 15 is 0 Å². The summed E-state index contributed by atoms with van der Waals surface area (Å²) in [6.45, 7) is 3.22. The minimum absolute atomic E-state index is 0.191. The molecule has 2 aromatic heterocycles. The van der Waals surface area contributed by atoms with Crippen molar-refractivity contribution in [2.45, 2.75) is 6.54 Å². The third-order valence-corrected chi connectivity index (χ3v) is 4.61. The summed E-state index contributed by atoms with van der Waals surface area (Å²) in [6.07, 6.45) is 1.72. The fraction of sp³-hybridized carbons (Fsp3) is 0.300. The highest BCUT2D eigenvalue weighted by Gasteiger charge is 2.16. The largest absolute Gasteiger partial charge is 0.378 e. The van der Waals surface area contributed by atoms with Crippen LogP contribution in [0.5, 0.6) is 0 Å². The van der Waals surface area contributed by atoms with Crippen LogP contribution in [0.3, 0.4) is 0 Å². The maximum absolute atomic E-state index is 12.6. The number of anilines is 1. The first kappa shape index (κ1) is 18.1. The van der Waals surface area contributed by atoms with Crippen LogP contribution < -0.4 is 10.2 Å². The van der Waals surface area contributed by atoms with Gasteiger partial charge in [0, 0.05) is 31.9 Å². The van der Waals surface area contributed by atoms with Crippen LogP contribution in [-0.2, 0) is 18.3 Å². The molecule has 8 heteroatoms. The lowest BCUT2D eigenvalue weighted by molar-refractivity contribution is 0.0941. The molecule has 4 rings (SSSR count). The van der Waals surface area contributed by atoms with E-state index in [1.165, 1.54) is 0 Å². The average Bonchev–Trinajstić information content (AvgIpc) is 3.15. The first-order chi connectivity index (χ1) is 13.7. The molecule has 3 aromatic rings. The average molecular weight is 378 g/mol. The minimum atomic E-state index is -0.191. The van der Waals surface area contributed by atoms with Gasteiger partial charge in [0.05, 0.1) is 31.1 Å². The van der Waals surface area contributed by atoms with E-state index in [4.69, 9.17) is 4.74 Å². The number of carbonyl (C=O) groups is 1. The third-order valence-electron chi connectivity index (χ3n) is 4.61. The second kappa shape index (κ2) is 8.18. The van der Waals surface area contributed by atoms with Crippen LogP contribution in [0, 0.1) is 0 Å². The summed E-state index contributed by atoms with van der Waals surface area (Å²) in [7, 11) is 1.77. The molecule has 1 amide bonds. The van der Waals surface area contributed by atoms with Crippen molar-refractivity contribution in [1.82, 2.24) is 25.1 Å². The van der Waals surface area contributed by atoms with E-state index in [-0.39, 0.29) is 5.91 Å². The number of hydrogen-bond acceptors (Lipinski definition) is 6. The minimum Gasteiger partial charge on any atom is -0.378 e. The van der Waals surface area contributed by atoms with Gasteiger partial charge in [-0.2, -0.15) is 5.10 Å². The van der Waals surface area contributed by atoms with E-state index in [2.05, 4.69) is 25.3 Å². The summed E-state index contributed by atoms with van der Waals surface area (Å²) in [5, 5.41) is 7.36. The van der Waals surface area contributed by atoms with Gasteiger partial charge in [0.1, 0.15) is 5.69 Å². The third kappa shape index (κ3) is 4.01. The van der Waals surface area contributed by atoms with Gasteiger partial charge < -0.3 is 15.0 Å². The molecule has 8 nitrogen and oxygen atoms in total. The van der Waals surface area contributed by atoms with Crippen molar-refractivity contribution in [3.05, 3.63) is 60.0 Å². The number of ether oxygens (including phenoxy) is 1. The number of nitrogens with one attached hydrogen (secondary N) is 1. The van der Waals surface area contributed by atoms with Crippen LogP contribution in [0.4, 0.5) is 5.95 Å². The van der Waals surface area contributed by atoms with Gasteiger partial charge in [-0.1, -0.05) is 30.3 Å². The van der Waals surface area contributed by atoms with Gasteiger partial charge in [-0.15, -0.1) is 0 Å². The Morgan fingerprint density at radius 1 is 1.18 bits per heavy atom. The number of morpholine rings is 1. The van der Waals surface area contributed by atoms with Crippen molar-refractivity contribution in [2.24, 2.45) is 7.05 Å². The molecule has 0 saturated carbocycles. The molecular weight excluding hydrogens is 356 g/mol. The highest BCUT2D eigenvalue weighted by atomic mass is 16.5. The first-order valence-electron chi connectivity index (χ1n) is 9.23. The number of amides is 1. The maximum atomic E-state index is 12.6. The Morgan fingerprint density at radius 2 is 1.96 bits per heavy atom. The molecule has 3 heterocycles. The summed E-state index contributed by atoms with van der Waals surface area (Å²) in [4.78, 5) is 23.6. The number of carbonyl (C=O) groups excluding carboxylic acids is 1. The molecule has 0 spiro atoms. The summed E-state index contributed by atoms with van der Waals surface area (Å²) >= 11 is 0. The van der Waals surface area contributed by atoms with E-state index in [9.17, 15) is 4.79 Å². The van der Waals surface area contributed by atoms with E-state index in [1.54, 1.807) is 24.0 Å². The van der Waals surface area contributed by atoms with Gasteiger partial charge in [0.15, 0.2) is 0 Å². The van der Waals surface area contributed by atoms with Crippen molar-refractivity contribution in [2.75, 3.05) is 31.2 Å². The molecule has 1 fully saturated rings. The van der Waals surface area contributed by atoms with Gasteiger partial charge >= 0.3 is 0 Å². The first-order valence-corrected chi connectivity index (χ1v) is 9.23. The van der Waals surface area contributed by atoms with E-state index in [0.717, 1.165) is 30.0 Å². The molecule has 1 aliphatic heterocycles. The molecule has 1 N–H and O–H groups in total. The number of aryl methyl sites for hydroxylation is 1. The lowest BCUT2D eigenvalue weighted by Gasteiger charge is -2.26. The van der Waals surface area contributed by atoms with Crippen LogP contribution in [0.2, 0.25) is 0 Å². The fourth-order valence-corrected chi connectivity index (χ4v) is 3.09. The van der Waals surface area contributed by atoms with E-state index in [0.29, 0.717) is 31.4 Å². The normalized spacial score (nSPS) is 14.1. The van der Waals surface area contributed by atoms with Crippen LogP contribution in [0.15, 0.2) is 48.7 Å².